The van der Waals surface area contributed by atoms with E-state index in [1.54, 1.807) is 0 Å². The van der Waals surface area contributed by atoms with Crippen LogP contribution in [0.3, 0.4) is 0 Å². The van der Waals surface area contributed by atoms with Gasteiger partial charge in [0.1, 0.15) is 0 Å². The molecule has 0 bridgehead atoms. The molecule has 2 N–H and O–H groups in total. The fraction of sp³-hybridized carbons (Fsp3) is 1.00. The highest BCUT2D eigenvalue weighted by molar-refractivity contribution is 4.95. The predicted molar refractivity (Wildman–Crippen MR) is 68.2 cm³/mol. The van der Waals surface area contributed by atoms with Gasteiger partial charge in [-0.1, -0.05) is 13.3 Å². The minimum Gasteiger partial charge on any atom is -0.394 e. The Bertz CT molecular complexity index is 195. The predicted octanol–water partition coefficient (Wildman–Crippen LogP) is 1.32. The highest BCUT2D eigenvalue weighted by Crippen LogP contribution is 2.31. The number of aliphatic hydroxyl groups is 1. The van der Waals surface area contributed by atoms with Crippen molar-refractivity contribution in [3.63, 3.8) is 0 Å². The lowest BCUT2D eigenvalue weighted by Gasteiger charge is -2.26. The molecule has 4 heteroatoms. The highest BCUT2D eigenvalue weighted by atomic mass is 16.5. The first-order chi connectivity index (χ1) is 8.26. The van der Waals surface area contributed by atoms with Gasteiger partial charge in [-0.05, 0) is 32.7 Å². The molecule has 2 unspecified atom stereocenters. The van der Waals surface area contributed by atoms with Crippen LogP contribution < -0.4 is 5.32 Å². The zero-order valence-electron chi connectivity index (χ0n) is 11.2. The van der Waals surface area contributed by atoms with Gasteiger partial charge in [0.2, 0.25) is 0 Å². The van der Waals surface area contributed by atoms with Gasteiger partial charge in [-0.15, -0.1) is 0 Å². The summed E-state index contributed by atoms with van der Waals surface area (Å²) in [5, 5.41) is 12.6. The highest BCUT2D eigenvalue weighted by Gasteiger charge is 2.37. The van der Waals surface area contributed by atoms with Gasteiger partial charge in [-0.3, -0.25) is 0 Å². The summed E-state index contributed by atoms with van der Waals surface area (Å²) >= 11 is 0. The van der Waals surface area contributed by atoms with E-state index in [1.165, 1.54) is 6.42 Å². The van der Waals surface area contributed by atoms with Gasteiger partial charge in [0.05, 0.1) is 25.9 Å². The average molecular weight is 245 g/mol. The van der Waals surface area contributed by atoms with Crippen molar-refractivity contribution in [3.8, 4) is 0 Å². The van der Waals surface area contributed by atoms with Crippen LogP contribution in [0.5, 0.6) is 0 Å². The van der Waals surface area contributed by atoms with Gasteiger partial charge in [-0.2, -0.15) is 0 Å². The molecule has 1 aliphatic rings. The molecule has 0 heterocycles. The van der Waals surface area contributed by atoms with Crippen LogP contribution in [0.25, 0.3) is 0 Å². The molecule has 0 amide bonds. The summed E-state index contributed by atoms with van der Waals surface area (Å²) in [5.41, 5.74) is -0.117. The summed E-state index contributed by atoms with van der Waals surface area (Å²) in [6, 6.07) is 0. The lowest BCUT2D eigenvalue weighted by molar-refractivity contribution is 0.00250. The second-order valence-electron chi connectivity index (χ2n) is 4.89. The van der Waals surface area contributed by atoms with E-state index in [0.29, 0.717) is 13.2 Å². The molecule has 0 spiro atoms. The lowest BCUT2D eigenvalue weighted by atomic mass is 9.99. The summed E-state index contributed by atoms with van der Waals surface area (Å²) in [4.78, 5) is 0. The summed E-state index contributed by atoms with van der Waals surface area (Å²) in [5.74, 6) is 0. The monoisotopic (exact) mass is 245 g/mol. The van der Waals surface area contributed by atoms with Crippen LogP contribution in [0.15, 0.2) is 0 Å². The number of likely N-dealkylation sites (N-methyl/N-ethyl adjacent to an activating group) is 1. The normalized spacial score (nSPS) is 28.8. The van der Waals surface area contributed by atoms with Crippen LogP contribution in [0.4, 0.5) is 0 Å². The maximum atomic E-state index is 9.36. The van der Waals surface area contributed by atoms with Gasteiger partial charge in [-0.25, -0.2) is 0 Å². The number of hydrogen-bond acceptors (Lipinski definition) is 4. The SMILES string of the molecule is CCCCOCCOC1CCC(CO)(NC)C1. The molecule has 0 radical (unpaired) electrons. The molecule has 0 saturated heterocycles. The van der Waals surface area contributed by atoms with Crippen molar-refractivity contribution in [1.82, 2.24) is 5.32 Å². The van der Waals surface area contributed by atoms with Gasteiger partial charge in [0.15, 0.2) is 0 Å². The summed E-state index contributed by atoms with van der Waals surface area (Å²) < 4.78 is 11.2. The standard InChI is InChI=1S/C13H27NO3/c1-3-4-7-16-8-9-17-12-5-6-13(10-12,11-15)14-2/h12,14-15H,3-11H2,1-2H3. The van der Waals surface area contributed by atoms with Crippen molar-refractivity contribution in [2.75, 3.05) is 33.5 Å². The van der Waals surface area contributed by atoms with E-state index in [0.717, 1.165) is 32.3 Å². The third-order valence-corrected chi connectivity index (χ3v) is 3.62. The quantitative estimate of drug-likeness (QED) is 0.602. The molecule has 17 heavy (non-hydrogen) atoms. The first-order valence-corrected chi connectivity index (χ1v) is 6.75. The first-order valence-electron chi connectivity index (χ1n) is 6.75. The van der Waals surface area contributed by atoms with Crippen molar-refractivity contribution in [1.29, 1.82) is 0 Å². The fourth-order valence-electron chi connectivity index (χ4n) is 2.29. The molecule has 1 rings (SSSR count). The molecule has 4 nitrogen and oxygen atoms in total. The summed E-state index contributed by atoms with van der Waals surface area (Å²) in [6.45, 7) is 4.53. The number of hydrogen-bond donors (Lipinski definition) is 2. The third-order valence-electron chi connectivity index (χ3n) is 3.62. The number of ether oxygens (including phenoxy) is 2. The Labute approximate surface area is 105 Å². The molecular weight excluding hydrogens is 218 g/mol. The molecule has 0 aromatic heterocycles. The summed E-state index contributed by atoms with van der Waals surface area (Å²) in [6.07, 6.45) is 5.47. The van der Waals surface area contributed by atoms with E-state index in [9.17, 15) is 5.11 Å². The largest absolute Gasteiger partial charge is 0.394 e. The number of nitrogens with one attached hydrogen (secondary N) is 1. The fourth-order valence-corrected chi connectivity index (χ4v) is 2.29. The molecule has 102 valence electrons. The van der Waals surface area contributed by atoms with E-state index < -0.39 is 0 Å². The van der Waals surface area contributed by atoms with E-state index in [4.69, 9.17) is 9.47 Å². The van der Waals surface area contributed by atoms with Gasteiger partial charge in [0.25, 0.3) is 0 Å². The van der Waals surface area contributed by atoms with E-state index in [2.05, 4.69) is 12.2 Å². The van der Waals surface area contributed by atoms with Crippen LogP contribution in [0.2, 0.25) is 0 Å². The van der Waals surface area contributed by atoms with Crippen molar-refractivity contribution < 1.29 is 14.6 Å². The lowest BCUT2D eigenvalue weighted by Crippen LogP contribution is -2.44. The molecule has 1 aliphatic carbocycles. The minimum absolute atomic E-state index is 0.117. The summed E-state index contributed by atoms with van der Waals surface area (Å²) in [7, 11) is 1.91. The van der Waals surface area contributed by atoms with Gasteiger partial charge >= 0.3 is 0 Å². The van der Waals surface area contributed by atoms with Crippen molar-refractivity contribution in [2.45, 2.75) is 50.7 Å². The third kappa shape index (κ3) is 4.92. The maximum absolute atomic E-state index is 9.36. The van der Waals surface area contributed by atoms with Crippen molar-refractivity contribution >= 4 is 0 Å². The smallest absolute Gasteiger partial charge is 0.0704 e. The second kappa shape index (κ2) is 8.03. The van der Waals surface area contributed by atoms with Crippen LogP contribution >= 0.6 is 0 Å². The zero-order valence-corrected chi connectivity index (χ0v) is 11.2. The first kappa shape index (κ1) is 14.9. The molecule has 1 fully saturated rings. The Kier molecular flexibility index (Phi) is 7.04. The Hall–Kier alpha value is -0.160. The molecule has 1 saturated carbocycles. The van der Waals surface area contributed by atoms with Crippen LogP contribution in [0, 0.1) is 0 Å². The number of aliphatic hydroxyl groups excluding tert-OH is 1. The van der Waals surface area contributed by atoms with E-state index in [1.807, 2.05) is 7.05 Å². The van der Waals surface area contributed by atoms with Gasteiger partial charge in [0, 0.05) is 12.1 Å². The van der Waals surface area contributed by atoms with Gasteiger partial charge < -0.3 is 19.9 Å². The molecule has 2 atom stereocenters. The zero-order chi connectivity index (χ0) is 12.6. The van der Waals surface area contributed by atoms with Crippen LogP contribution in [-0.4, -0.2) is 50.2 Å². The van der Waals surface area contributed by atoms with E-state index in [-0.39, 0.29) is 18.2 Å². The van der Waals surface area contributed by atoms with E-state index >= 15 is 0 Å². The Morgan fingerprint density at radius 1 is 1.35 bits per heavy atom. The Morgan fingerprint density at radius 2 is 2.18 bits per heavy atom. The molecular formula is C13H27NO3. The van der Waals surface area contributed by atoms with Crippen LogP contribution in [0.1, 0.15) is 39.0 Å². The van der Waals surface area contributed by atoms with Crippen molar-refractivity contribution in [2.24, 2.45) is 0 Å². The topological polar surface area (TPSA) is 50.7 Å². The number of rotatable bonds is 9. The second-order valence-corrected chi connectivity index (χ2v) is 4.89. The molecule has 0 aromatic carbocycles. The maximum Gasteiger partial charge on any atom is 0.0704 e. The Morgan fingerprint density at radius 3 is 2.76 bits per heavy atom. The average Bonchev–Trinajstić information content (AvgIpc) is 2.78. The van der Waals surface area contributed by atoms with Crippen LogP contribution in [-0.2, 0) is 9.47 Å². The molecule has 0 aromatic rings. The van der Waals surface area contributed by atoms with Crippen molar-refractivity contribution in [3.05, 3.63) is 0 Å². The Balaban J connectivity index is 2.06. The molecule has 0 aliphatic heterocycles. The number of unbranched alkanes of at least 4 members (excludes halogenated alkanes) is 1. The minimum atomic E-state index is -0.117.